The number of esters is 1. The number of nitrogens with zero attached hydrogens (tertiary/aromatic N) is 1. The first-order valence-electron chi connectivity index (χ1n) is 9.47. The Hall–Kier alpha value is -2.44. The number of rotatable bonds is 5. The van der Waals surface area contributed by atoms with Crippen molar-refractivity contribution in [3.63, 3.8) is 0 Å². The highest BCUT2D eigenvalue weighted by atomic mass is 19.1. The van der Waals surface area contributed by atoms with Crippen molar-refractivity contribution in [2.45, 2.75) is 33.1 Å². The Kier molecular flexibility index (Phi) is 5.77. The smallest absolute Gasteiger partial charge is 0.310 e. The SMILES string of the molecule is CCOC(=O)[C@@H]1CCCN(C(=O)c2cc(F)ccc2NC(=O)[C@@H]2C[C@H]2C)C1. The summed E-state index contributed by atoms with van der Waals surface area (Å²) in [5, 5.41) is 2.76. The van der Waals surface area contributed by atoms with Gasteiger partial charge in [-0.05, 0) is 50.3 Å². The molecule has 1 aliphatic carbocycles. The molecule has 0 spiro atoms. The summed E-state index contributed by atoms with van der Waals surface area (Å²) >= 11 is 0. The minimum Gasteiger partial charge on any atom is -0.466 e. The van der Waals surface area contributed by atoms with E-state index in [1.54, 1.807) is 6.92 Å². The summed E-state index contributed by atoms with van der Waals surface area (Å²) in [7, 11) is 0. The van der Waals surface area contributed by atoms with Crippen molar-refractivity contribution in [1.29, 1.82) is 0 Å². The number of benzene rings is 1. The number of carbonyl (C=O) groups excluding carboxylic acids is 3. The van der Waals surface area contributed by atoms with E-state index in [0.29, 0.717) is 37.6 Å². The fourth-order valence-corrected chi connectivity index (χ4v) is 3.50. The van der Waals surface area contributed by atoms with Crippen molar-refractivity contribution in [2.24, 2.45) is 17.8 Å². The van der Waals surface area contributed by atoms with Crippen LogP contribution in [0.25, 0.3) is 0 Å². The topological polar surface area (TPSA) is 75.7 Å². The van der Waals surface area contributed by atoms with Gasteiger partial charge < -0.3 is 15.0 Å². The first-order chi connectivity index (χ1) is 12.9. The maximum absolute atomic E-state index is 13.8. The summed E-state index contributed by atoms with van der Waals surface area (Å²) in [6.45, 7) is 4.75. The van der Waals surface area contributed by atoms with Gasteiger partial charge in [0, 0.05) is 19.0 Å². The lowest BCUT2D eigenvalue weighted by Crippen LogP contribution is -2.43. The summed E-state index contributed by atoms with van der Waals surface area (Å²) in [6.07, 6.45) is 2.16. The van der Waals surface area contributed by atoms with Gasteiger partial charge in [0.2, 0.25) is 5.91 Å². The lowest BCUT2D eigenvalue weighted by molar-refractivity contribution is -0.149. The Morgan fingerprint density at radius 3 is 2.74 bits per heavy atom. The number of likely N-dealkylation sites (tertiary alicyclic amines) is 1. The molecular weight excluding hydrogens is 351 g/mol. The van der Waals surface area contributed by atoms with E-state index in [1.807, 2.05) is 6.92 Å². The number of ether oxygens (including phenoxy) is 1. The van der Waals surface area contributed by atoms with Crippen LogP contribution in [-0.2, 0) is 14.3 Å². The summed E-state index contributed by atoms with van der Waals surface area (Å²) in [6, 6.07) is 3.78. The molecule has 1 saturated heterocycles. The zero-order chi connectivity index (χ0) is 19.6. The maximum Gasteiger partial charge on any atom is 0.310 e. The molecule has 0 unspecified atom stereocenters. The van der Waals surface area contributed by atoms with Gasteiger partial charge in [-0.3, -0.25) is 14.4 Å². The van der Waals surface area contributed by atoms with E-state index >= 15 is 0 Å². The van der Waals surface area contributed by atoms with Gasteiger partial charge in [-0.15, -0.1) is 0 Å². The van der Waals surface area contributed by atoms with E-state index in [9.17, 15) is 18.8 Å². The van der Waals surface area contributed by atoms with Crippen LogP contribution in [0.3, 0.4) is 0 Å². The van der Waals surface area contributed by atoms with E-state index < -0.39 is 5.82 Å². The monoisotopic (exact) mass is 376 g/mol. The second-order valence-electron chi connectivity index (χ2n) is 7.34. The summed E-state index contributed by atoms with van der Waals surface area (Å²) in [4.78, 5) is 38.8. The lowest BCUT2D eigenvalue weighted by atomic mass is 9.97. The highest BCUT2D eigenvalue weighted by Crippen LogP contribution is 2.38. The van der Waals surface area contributed by atoms with Gasteiger partial charge in [0.1, 0.15) is 5.82 Å². The highest BCUT2D eigenvalue weighted by Gasteiger charge is 2.39. The number of anilines is 1. The third-order valence-electron chi connectivity index (χ3n) is 5.24. The number of halogens is 1. The van der Waals surface area contributed by atoms with Crippen LogP contribution >= 0.6 is 0 Å². The first kappa shape index (κ1) is 19.3. The molecule has 2 amide bonds. The molecule has 1 aromatic carbocycles. The van der Waals surface area contributed by atoms with Crippen molar-refractivity contribution in [3.8, 4) is 0 Å². The predicted molar refractivity (Wildman–Crippen MR) is 97.6 cm³/mol. The second-order valence-corrected chi connectivity index (χ2v) is 7.34. The summed E-state index contributed by atoms with van der Waals surface area (Å²) < 4.78 is 18.9. The van der Waals surface area contributed by atoms with E-state index in [1.165, 1.54) is 17.0 Å². The van der Waals surface area contributed by atoms with Crippen LogP contribution in [0.15, 0.2) is 18.2 Å². The van der Waals surface area contributed by atoms with Gasteiger partial charge in [-0.25, -0.2) is 4.39 Å². The predicted octanol–water partition coefficient (Wildman–Crippen LogP) is 2.84. The summed E-state index contributed by atoms with van der Waals surface area (Å²) in [5.41, 5.74) is 0.421. The molecular formula is C20H25FN2O4. The molecule has 3 atom stereocenters. The van der Waals surface area contributed by atoms with Crippen LogP contribution in [0, 0.1) is 23.6 Å². The Morgan fingerprint density at radius 1 is 1.33 bits per heavy atom. The molecule has 27 heavy (non-hydrogen) atoms. The Morgan fingerprint density at radius 2 is 2.07 bits per heavy atom. The average Bonchev–Trinajstić information content (AvgIpc) is 3.40. The Bertz CT molecular complexity index is 751. The van der Waals surface area contributed by atoms with Crippen molar-refractivity contribution >= 4 is 23.5 Å². The average molecular weight is 376 g/mol. The normalized spacial score (nSPS) is 24.3. The molecule has 1 heterocycles. The van der Waals surface area contributed by atoms with Crippen molar-refractivity contribution in [1.82, 2.24) is 4.90 Å². The van der Waals surface area contributed by atoms with E-state index in [2.05, 4.69) is 5.32 Å². The molecule has 1 aliphatic heterocycles. The van der Waals surface area contributed by atoms with Gasteiger partial charge >= 0.3 is 5.97 Å². The molecule has 0 radical (unpaired) electrons. The van der Waals surface area contributed by atoms with Gasteiger partial charge in [0.25, 0.3) is 5.91 Å². The molecule has 0 aromatic heterocycles. The van der Waals surface area contributed by atoms with E-state index in [0.717, 1.165) is 12.5 Å². The molecule has 2 fully saturated rings. The third-order valence-corrected chi connectivity index (χ3v) is 5.24. The minimum atomic E-state index is -0.546. The molecule has 1 aromatic rings. The van der Waals surface area contributed by atoms with Gasteiger partial charge in [-0.2, -0.15) is 0 Å². The second kappa shape index (κ2) is 8.06. The minimum absolute atomic E-state index is 0.0545. The quantitative estimate of drug-likeness (QED) is 0.802. The molecule has 2 aliphatic rings. The molecule has 6 nitrogen and oxygen atoms in total. The molecule has 7 heteroatoms. The van der Waals surface area contributed by atoms with Gasteiger partial charge in [-0.1, -0.05) is 6.92 Å². The fourth-order valence-electron chi connectivity index (χ4n) is 3.50. The number of carbonyl (C=O) groups is 3. The number of hydrogen-bond acceptors (Lipinski definition) is 4. The standard InChI is InChI=1S/C20H25FN2O4/c1-3-27-20(26)13-5-4-8-23(11-13)19(25)16-10-14(21)6-7-17(16)22-18(24)15-9-12(15)2/h6-7,10,12-13,15H,3-5,8-9,11H2,1-2H3,(H,22,24)/t12-,13-,15-/m1/s1. The highest BCUT2D eigenvalue weighted by molar-refractivity contribution is 6.04. The van der Waals surface area contributed by atoms with Crippen LogP contribution in [0.1, 0.15) is 43.5 Å². The van der Waals surface area contributed by atoms with E-state index in [-0.39, 0.29) is 41.7 Å². The van der Waals surface area contributed by atoms with Crippen molar-refractivity contribution in [2.75, 3.05) is 25.0 Å². The largest absolute Gasteiger partial charge is 0.466 e. The summed E-state index contributed by atoms with van der Waals surface area (Å²) in [5.74, 6) is -1.49. The zero-order valence-electron chi connectivity index (χ0n) is 15.7. The van der Waals surface area contributed by atoms with Gasteiger partial charge in [0.05, 0.1) is 23.8 Å². The number of amides is 2. The van der Waals surface area contributed by atoms with Crippen LogP contribution in [0.2, 0.25) is 0 Å². The Balaban J connectivity index is 1.76. The van der Waals surface area contributed by atoms with Crippen LogP contribution in [-0.4, -0.2) is 42.4 Å². The third kappa shape index (κ3) is 4.46. The van der Waals surface area contributed by atoms with Gasteiger partial charge in [0.15, 0.2) is 0 Å². The van der Waals surface area contributed by atoms with E-state index in [4.69, 9.17) is 4.74 Å². The number of hydrogen-bond donors (Lipinski definition) is 1. The number of nitrogens with one attached hydrogen (secondary N) is 1. The van der Waals surface area contributed by atoms with Crippen molar-refractivity contribution in [3.05, 3.63) is 29.6 Å². The molecule has 146 valence electrons. The maximum atomic E-state index is 13.8. The first-order valence-corrected chi connectivity index (χ1v) is 9.47. The molecule has 3 rings (SSSR count). The zero-order valence-corrected chi connectivity index (χ0v) is 15.7. The van der Waals surface area contributed by atoms with Crippen LogP contribution < -0.4 is 5.32 Å². The number of piperidine rings is 1. The fraction of sp³-hybridized carbons (Fsp3) is 0.550. The van der Waals surface area contributed by atoms with Crippen molar-refractivity contribution < 1.29 is 23.5 Å². The molecule has 1 saturated carbocycles. The molecule has 0 bridgehead atoms. The van der Waals surface area contributed by atoms with Crippen LogP contribution in [0.5, 0.6) is 0 Å². The molecule has 1 N–H and O–H groups in total. The Labute approximate surface area is 158 Å². The van der Waals surface area contributed by atoms with Crippen LogP contribution in [0.4, 0.5) is 10.1 Å². The lowest BCUT2D eigenvalue weighted by Gasteiger charge is -2.32.